The van der Waals surface area contributed by atoms with E-state index in [9.17, 15) is 22.4 Å². The van der Waals surface area contributed by atoms with E-state index in [-0.39, 0.29) is 35.4 Å². The van der Waals surface area contributed by atoms with Crippen molar-refractivity contribution in [3.05, 3.63) is 59.9 Å². The number of piperidine rings is 1. The van der Waals surface area contributed by atoms with Gasteiger partial charge < -0.3 is 11.1 Å². The molecule has 0 radical (unpaired) electrons. The largest absolute Gasteiger partial charge is 0.366 e. The zero-order valence-electron chi connectivity index (χ0n) is 15.0. The van der Waals surface area contributed by atoms with Gasteiger partial charge in [0.05, 0.1) is 10.5 Å². The van der Waals surface area contributed by atoms with Crippen molar-refractivity contribution in [1.82, 2.24) is 4.31 Å². The Bertz CT molecular complexity index is 984. The van der Waals surface area contributed by atoms with Gasteiger partial charge in [-0.25, -0.2) is 12.8 Å². The molecule has 2 aromatic carbocycles. The maximum atomic E-state index is 12.9. The molecule has 0 bridgehead atoms. The number of primary amides is 1. The predicted octanol–water partition coefficient (Wildman–Crippen LogP) is 1.96. The van der Waals surface area contributed by atoms with Crippen molar-refractivity contribution in [1.29, 1.82) is 0 Å². The number of rotatable bonds is 5. The van der Waals surface area contributed by atoms with Gasteiger partial charge in [-0.2, -0.15) is 4.31 Å². The molecule has 28 heavy (non-hydrogen) atoms. The number of hydrogen-bond donors (Lipinski definition) is 2. The second-order valence-electron chi connectivity index (χ2n) is 6.53. The van der Waals surface area contributed by atoms with Crippen molar-refractivity contribution >= 4 is 27.5 Å². The fourth-order valence-electron chi connectivity index (χ4n) is 3.17. The zero-order chi connectivity index (χ0) is 20.3. The van der Waals surface area contributed by atoms with E-state index in [0.29, 0.717) is 18.5 Å². The molecule has 0 saturated carbocycles. The molecule has 0 atom stereocenters. The zero-order valence-corrected chi connectivity index (χ0v) is 15.8. The molecule has 1 saturated heterocycles. The standard InChI is InChI=1S/C19H20FN3O4S/c20-14-5-7-15(8-6-14)22-19(25)13-9-11-23(12-10-13)28(26,27)17-4-2-1-3-16(17)18(21)24/h1-8,13H,9-12H2,(H2,21,24)(H,22,25). The van der Waals surface area contributed by atoms with Crippen LogP contribution in [-0.2, 0) is 14.8 Å². The van der Waals surface area contributed by atoms with E-state index < -0.39 is 21.7 Å². The number of nitrogens with zero attached hydrogens (tertiary/aromatic N) is 1. The van der Waals surface area contributed by atoms with Crippen LogP contribution in [0.2, 0.25) is 0 Å². The number of nitrogens with two attached hydrogens (primary N) is 1. The van der Waals surface area contributed by atoms with Crippen LogP contribution in [0, 0.1) is 11.7 Å². The van der Waals surface area contributed by atoms with E-state index in [2.05, 4.69) is 5.32 Å². The molecular weight excluding hydrogens is 385 g/mol. The summed E-state index contributed by atoms with van der Waals surface area (Å²) in [5.74, 6) is -1.80. The quantitative estimate of drug-likeness (QED) is 0.792. The lowest BCUT2D eigenvalue weighted by Gasteiger charge is -2.30. The Morgan fingerprint density at radius 3 is 2.25 bits per heavy atom. The van der Waals surface area contributed by atoms with Crippen molar-refractivity contribution in [3.8, 4) is 0 Å². The Hall–Kier alpha value is -2.78. The normalized spacial score (nSPS) is 15.9. The summed E-state index contributed by atoms with van der Waals surface area (Å²) in [5.41, 5.74) is 5.71. The van der Waals surface area contributed by atoms with E-state index in [4.69, 9.17) is 5.73 Å². The molecule has 1 aliphatic rings. The highest BCUT2D eigenvalue weighted by Gasteiger charge is 2.33. The van der Waals surface area contributed by atoms with E-state index in [1.807, 2.05) is 0 Å². The van der Waals surface area contributed by atoms with Crippen LogP contribution in [0.25, 0.3) is 0 Å². The lowest BCUT2D eigenvalue weighted by atomic mass is 9.97. The van der Waals surface area contributed by atoms with Gasteiger partial charge in [0, 0.05) is 24.7 Å². The van der Waals surface area contributed by atoms with Gasteiger partial charge >= 0.3 is 0 Å². The van der Waals surface area contributed by atoms with Crippen LogP contribution in [0.15, 0.2) is 53.4 Å². The van der Waals surface area contributed by atoms with Crippen LogP contribution in [-0.4, -0.2) is 37.6 Å². The van der Waals surface area contributed by atoms with Gasteiger partial charge in [0.2, 0.25) is 21.8 Å². The van der Waals surface area contributed by atoms with Gasteiger partial charge in [-0.3, -0.25) is 9.59 Å². The molecule has 1 aliphatic heterocycles. The second-order valence-corrected chi connectivity index (χ2v) is 8.44. The highest BCUT2D eigenvalue weighted by molar-refractivity contribution is 7.89. The van der Waals surface area contributed by atoms with E-state index >= 15 is 0 Å². The molecule has 9 heteroatoms. The van der Waals surface area contributed by atoms with Crippen molar-refractivity contribution in [3.63, 3.8) is 0 Å². The Labute approximate surface area is 162 Å². The maximum absolute atomic E-state index is 12.9. The van der Waals surface area contributed by atoms with E-state index in [0.717, 1.165) is 0 Å². The summed E-state index contributed by atoms with van der Waals surface area (Å²) >= 11 is 0. The smallest absolute Gasteiger partial charge is 0.250 e. The van der Waals surface area contributed by atoms with Crippen LogP contribution in [0.4, 0.5) is 10.1 Å². The molecule has 0 unspecified atom stereocenters. The number of benzene rings is 2. The molecule has 0 aromatic heterocycles. The number of carbonyl (C=O) groups excluding carboxylic acids is 2. The number of nitrogens with one attached hydrogen (secondary N) is 1. The highest BCUT2D eigenvalue weighted by atomic mass is 32.2. The summed E-state index contributed by atoms with van der Waals surface area (Å²) < 4.78 is 40.0. The Morgan fingerprint density at radius 1 is 1.04 bits per heavy atom. The van der Waals surface area contributed by atoms with Crippen LogP contribution in [0.3, 0.4) is 0 Å². The van der Waals surface area contributed by atoms with Gasteiger partial charge in [-0.05, 0) is 49.2 Å². The van der Waals surface area contributed by atoms with E-state index in [1.54, 1.807) is 6.07 Å². The molecule has 1 fully saturated rings. The average molecular weight is 405 g/mol. The minimum Gasteiger partial charge on any atom is -0.366 e. The third-order valence-electron chi connectivity index (χ3n) is 4.71. The predicted molar refractivity (Wildman–Crippen MR) is 101 cm³/mol. The topological polar surface area (TPSA) is 110 Å². The lowest BCUT2D eigenvalue weighted by Crippen LogP contribution is -2.41. The van der Waals surface area contributed by atoms with Crippen LogP contribution < -0.4 is 11.1 Å². The van der Waals surface area contributed by atoms with Crippen LogP contribution in [0.5, 0.6) is 0 Å². The summed E-state index contributed by atoms with van der Waals surface area (Å²) in [5, 5.41) is 2.71. The van der Waals surface area contributed by atoms with E-state index in [1.165, 1.54) is 46.8 Å². The Kier molecular flexibility index (Phi) is 5.76. The van der Waals surface area contributed by atoms with Gasteiger partial charge in [-0.1, -0.05) is 12.1 Å². The molecule has 3 N–H and O–H groups in total. The molecule has 148 valence electrons. The molecule has 1 heterocycles. The highest BCUT2D eigenvalue weighted by Crippen LogP contribution is 2.26. The van der Waals surface area contributed by atoms with Crippen molar-refractivity contribution < 1.29 is 22.4 Å². The number of carbonyl (C=O) groups is 2. The second kappa shape index (κ2) is 8.07. The average Bonchev–Trinajstić information content (AvgIpc) is 2.69. The van der Waals surface area contributed by atoms with Crippen molar-refractivity contribution in [2.45, 2.75) is 17.7 Å². The number of sulfonamides is 1. The van der Waals surface area contributed by atoms with Gasteiger partial charge in [-0.15, -0.1) is 0 Å². The summed E-state index contributed by atoms with van der Waals surface area (Å²) in [6.45, 7) is 0.299. The molecule has 0 spiro atoms. The molecule has 7 nitrogen and oxygen atoms in total. The monoisotopic (exact) mass is 405 g/mol. The Morgan fingerprint density at radius 2 is 1.64 bits per heavy atom. The number of anilines is 1. The first-order valence-electron chi connectivity index (χ1n) is 8.74. The molecule has 3 rings (SSSR count). The molecule has 0 aliphatic carbocycles. The minimum absolute atomic E-state index is 0.0568. The lowest BCUT2D eigenvalue weighted by molar-refractivity contribution is -0.120. The van der Waals surface area contributed by atoms with Gasteiger partial charge in [0.25, 0.3) is 0 Å². The summed E-state index contributed by atoms with van der Waals surface area (Å²) in [7, 11) is -3.89. The molecular formula is C19H20FN3O4S. The van der Waals surface area contributed by atoms with Crippen molar-refractivity contribution in [2.24, 2.45) is 11.7 Å². The van der Waals surface area contributed by atoms with Crippen molar-refractivity contribution in [2.75, 3.05) is 18.4 Å². The van der Waals surface area contributed by atoms with Gasteiger partial charge in [0.15, 0.2) is 0 Å². The third-order valence-corrected chi connectivity index (χ3v) is 6.66. The van der Waals surface area contributed by atoms with Gasteiger partial charge in [0.1, 0.15) is 5.82 Å². The Balaban J connectivity index is 1.67. The minimum atomic E-state index is -3.89. The molecule has 2 aromatic rings. The fourth-order valence-corrected chi connectivity index (χ4v) is 4.84. The SMILES string of the molecule is NC(=O)c1ccccc1S(=O)(=O)N1CCC(C(=O)Nc2ccc(F)cc2)CC1. The maximum Gasteiger partial charge on any atom is 0.250 e. The molecule has 2 amide bonds. The third kappa shape index (κ3) is 4.20. The summed E-state index contributed by atoms with van der Waals surface area (Å²) in [4.78, 5) is 23.8. The number of halogens is 1. The fraction of sp³-hybridized carbons (Fsp3) is 0.263. The number of amides is 2. The number of hydrogen-bond acceptors (Lipinski definition) is 4. The summed E-state index contributed by atoms with van der Waals surface area (Å²) in [6.07, 6.45) is 0.677. The first-order valence-corrected chi connectivity index (χ1v) is 10.2. The first-order chi connectivity index (χ1) is 13.3. The van der Waals surface area contributed by atoms with Crippen LogP contribution >= 0.6 is 0 Å². The first kappa shape index (κ1) is 20.0. The summed E-state index contributed by atoms with van der Waals surface area (Å²) in [6, 6.07) is 11.2. The van der Waals surface area contributed by atoms with Crippen LogP contribution in [0.1, 0.15) is 23.2 Å².